The molecule has 0 aliphatic rings. The summed E-state index contributed by atoms with van der Waals surface area (Å²) in [7, 11) is 0. The van der Waals surface area contributed by atoms with Crippen molar-refractivity contribution in [2.75, 3.05) is 0 Å². The molecule has 3 heteroatoms. The summed E-state index contributed by atoms with van der Waals surface area (Å²) in [6.07, 6.45) is 3.33. The van der Waals surface area contributed by atoms with Crippen LogP contribution < -0.4 is 0 Å². The van der Waals surface area contributed by atoms with Gasteiger partial charge in [0.25, 0.3) is 0 Å². The van der Waals surface area contributed by atoms with Crippen molar-refractivity contribution >= 4 is 11.8 Å². The number of nitrogens with zero attached hydrogens (tertiary/aromatic N) is 2. The smallest absolute Gasteiger partial charge is 0.115 e. The molecule has 0 bridgehead atoms. The van der Waals surface area contributed by atoms with E-state index in [9.17, 15) is 0 Å². The summed E-state index contributed by atoms with van der Waals surface area (Å²) in [5.41, 5.74) is 1.000. The standard InChI is InChI=1S/C7H8N2S/c1-3-10-7-4-8-5-9-6(7)2/h3-5H,1H2,2H3. The molecule has 0 unspecified atom stereocenters. The van der Waals surface area contributed by atoms with E-state index in [1.54, 1.807) is 29.7 Å². The molecule has 1 aromatic heterocycles. The van der Waals surface area contributed by atoms with E-state index in [0.717, 1.165) is 10.6 Å². The number of aromatic nitrogens is 2. The summed E-state index contributed by atoms with van der Waals surface area (Å²) >= 11 is 1.54. The zero-order valence-corrected chi connectivity index (χ0v) is 6.56. The molecule has 0 amide bonds. The predicted molar refractivity (Wildman–Crippen MR) is 42.8 cm³/mol. The maximum atomic E-state index is 4.02. The van der Waals surface area contributed by atoms with Crippen LogP contribution in [0, 0.1) is 6.92 Å². The van der Waals surface area contributed by atoms with E-state index in [4.69, 9.17) is 0 Å². The van der Waals surface area contributed by atoms with Crippen LogP contribution in [-0.4, -0.2) is 9.97 Å². The third kappa shape index (κ3) is 1.57. The van der Waals surface area contributed by atoms with Crippen LogP contribution in [0.3, 0.4) is 0 Å². The van der Waals surface area contributed by atoms with Crippen molar-refractivity contribution < 1.29 is 0 Å². The lowest BCUT2D eigenvalue weighted by atomic mass is 10.5. The van der Waals surface area contributed by atoms with E-state index in [1.807, 2.05) is 6.92 Å². The largest absolute Gasteiger partial charge is 0.244 e. The Morgan fingerprint density at radius 2 is 2.50 bits per heavy atom. The lowest BCUT2D eigenvalue weighted by molar-refractivity contribution is 1.03. The summed E-state index contributed by atoms with van der Waals surface area (Å²) in [4.78, 5) is 8.97. The number of hydrogen-bond donors (Lipinski definition) is 0. The second-order valence-electron chi connectivity index (χ2n) is 1.76. The van der Waals surface area contributed by atoms with Crippen molar-refractivity contribution in [3.63, 3.8) is 0 Å². The van der Waals surface area contributed by atoms with Gasteiger partial charge in [-0.15, -0.1) is 0 Å². The molecule has 1 heterocycles. The van der Waals surface area contributed by atoms with Crippen LogP contribution in [0.1, 0.15) is 5.69 Å². The lowest BCUT2D eigenvalue weighted by Crippen LogP contribution is -1.84. The minimum atomic E-state index is 1.000. The Morgan fingerprint density at radius 3 is 3.10 bits per heavy atom. The average molecular weight is 152 g/mol. The first-order valence-corrected chi connectivity index (χ1v) is 3.76. The van der Waals surface area contributed by atoms with Crippen LogP contribution in [0.15, 0.2) is 29.4 Å². The van der Waals surface area contributed by atoms with Crippen molar-refractivity contribution in [3.8, 4) is 0 Å². The van der Waals surface area contributed by atoms with E-state index in [1.165, 1.54) is 0 Å². The molecule has 0 aromatic carbocycles. The molecule has 0 radical (unpaired) electrons. The van der Waals surface area contributed by atoms with E-state index in [0.29, 0.717) is 0 Å². The predicted octanol–water partition coefficient (Wildman–Crippen LogP) is 2.02. The fourth-order valence-electron chi connectivity index (χ4n) is 0.583. The SMILES string of the molecule is C=CSc1cncnc1C. The number of rotatable bonds is 2. The van der Waals surface area contributed by atoms with Gasteiger partial charge in [0.2, 0.25) is 0 Å². The lowest BCUT2D eigenvalue weighted by Gasteiger charge is -1.96. The summed E-state index contributed by atoms with van der Waals surface area (Å²) in [5.74, 6) is 0. The molecule has 0 saturated carbocycles. The van der Waals surface area contributed by atoms with Crippen molar-refractivity contribution in [1.29, 1.82) is 0 Å². The molecule has 10 heavy (non-hydrogen) atoms. The molecule has 0 spiro atoms. The Morgan fingerprint density at radius 1 is 1.70 bits per heavy atom. The van der Waals surface area contributed by atoms with Gasteiger partial charge in [0, 0.05) is 6.20 Å². The third-order valence-electron chi connectivity index (χ3n) is 1.08. The van der Waals surface area contributed by atoms with Gasteiger partial charge in [0.1, 0.15) is 6.33 Å². The molecule has 2 nitrogen and oxygen atoms in total. The van der Waals surface area contributed by atoms with E-state index in [2.05, 4.69) is 16.5 Å². The minimum absolute atomic E-state index is 1.000. The van der Waals surface area contributed by atoms with E-state index in [-0.39, 0.29) is 0 Å². The van der Waals surface area contributed by atoms with Crippen LogP contribution in [0.5, 0.6) is 0 Å². The van der Waals surface area contributed by atoms with Gasteiger partial charge in [0.05, 0.1) is 10.6 Å². The minimum Gasteiger partial charge on any atom is -0.244 e. The van der Waals surface area contributed by atoms with Crippen LogP contribution in [0.4, 0.5) is 0 Å². The zero-order chi connectivity index (χ0) is 7.40. The van der Waals surface area contributed by atoms with Crippen molar-refractivity contribution in [2.45, 2.75) is 11.8 Å². The molecule has 1 rings (SSSR count). The van der Waals surface area contributed by atoms with E-state index < -0.39 is 0 Å². The van der Waals surface area contributed by atoms with Crippen LogP contribution >= 0.6 is 11.8 Å². The average Bonchev–Trinajstić information content (AvgIpc) is 1.94. The topological polar surface area (TPSA) is 25.8 Å². The van der Waals surface area contributed by atoms with Crippen LogP contribution in [-0.2, 0) is 0 Å². The monoisotopic (exact) mass is 152 g/mol. The van der Waals surface area contributed by atoms with Crippen molar-refractivity contribution in [2.24, 2.45) is 0 Å². The Bertz CT molecular complexity index is 235. The zero-order valence-electron chi connectivity index (χ0n) is 5.74. The molecule has 52 valence electrons. The Balaban J connectivity index is 2.91. The van der Waals surface area contributed by atoms with E-state index >= 15 is 0 Å². The highest BCUT2D eigenvalue weighted by atomic mass is 32.2. The van der Waals surface area contributed by atoms with Gasteiger partial charge in [0.15, 0.2) is 0 Å². The Hall–Kier alpha value is -0.830. The van der Waals surface area contributed by atoms with Gasteiger partial charge in [-0.3, -0.25) is 0 Å². The van der Waals surface area contributed by atoms with Gasteiger partial charge >= 0.3 is 0 Å². The maximum absolute atomic E-state index is 4.02. The summed E-state index contributed by atoms with van der Waals surface area (Å²) in [6, 6.07) is 0. The van der Waals surface area contributed by atoms with Crippen LogP contribution in [0.2, 0.25) is 0 Å². The van der Waals surface area contributed by atoms with Crippen molar-refractivity contribution in [3.05, 3.63) is 30.2 Å². The first-order chi connectivity index (χ1) is 4.84. The molecule has 0 fully saturated rings. The van der Waals surface area contributed by atoms with Crippen LogP contribution in [0.25, 0.3) is 0 Å². The molecule has 0 aliphatic carbocycles. The first kappa shape index (κ1) is 7.28. The fourth-order valence-corrected chi connectivity index (χ4v) is 1.11. The third-order valence-corrected chi connectivity index (χ3v) is 1.90. The highest BCUT2D eigenvalue weighted by Gasteiger charge is 1.94. The second kappa shape index (κ2) is 3.37. The number of hydrogen-bond acceptors (Lipinski definition) is 3. The molecular formula is C7H8N2S. The highest BCUT2D eigenvalue weighted by Crippen LogP contribution is 2.18. The van der Waals surface area contributed by atoms with Gasteiger partial charge < -0.3 is 0 Å². The molecule has 0 aliphatic heterocycles. The normalized spacial score (nSPS) is 9.30. The van der Waals surface area contributed by atoms with Crippen molar-refractivity contribution in [1.82, 2.24) is 9.97 Å². The highest BCUT2D eigenvalue weighted by molar-refractivity contribution is 8.02. The Labute approximate surface area is 64.4 Å². The van der Waals surface area contributed by atoms with Gasteiger partial charge in [-0.1, -0.05) is 18.3 Å². The molecule has 0 atom stereocenters. The first-order valence-electron chi connectivity index (χ1n) is 2.88. The molecule has 0 saturated heterocycles. The fraction of sp³-hybridized carbons (Fsp3) is 0.143. The summed E-state index contributed by atoms with van der Waals surface area (Å²) in [5, 5.41) is 1.77. The Kier molecular flexibility index (Phi) is 2.45. The number of thioether (sulfide) groups is 1. The summed E-state index contributed by atoms with van der Waals surface area (Å²) in [6.45, 7) is 5.56. The van der Waals surface area contributed by atoms with Gasteiger partial charge in [-0.2, -0.15) is 0 Å². The quantitative estimate of drug-likeness (QED) is 0.606. The number of aryl methyl sites for hydroxylation is 1. The molecular weight excluding hydrogens is 144 g/mol. The maximum Gasteiger partial charge on any atom is 0.115 e. The van der Waals surface area contributed by atoms with Gasteiger partial charge in [-0.05, 0) is 12.3 Å². The second-order valence-corrected chi connectivity index (χ2v) is 2.77. The molecule has 1 aromatic rings. The molecule has 0 N–H and O–H groups in total. The summed E-state index contributed by atoms with van der Waals surface area (Å²) < 4.78 is 0. The van der Waals surface area contributed by atoms with Gasteiger partial charge in [-0.25, -0.2) is 9.97 Å².